The van der Waals surface area contributed by atoms with Gasteiger partial charge in [-0.1, -0.05) is 24.3 Å². The summed E-state index contributed by atoms with van der Waals surface area (Å²) in [5, 5.41) is 9.33. The Morgan fingerprint density at radius 2 is 1.86 bits per heavy atom. The Kier molecular flexibility index (Phi) is 4.59. The van der Waals surface area contributed by atoms with Crippen LogP contribution in [-0.4, -0.2) is 24.9 Å². The molecule has 0 aliphatic rings. The second-order valence-electron chi connectivity index (χ2n) is 3.34. The van der Waals surface area contributed by atoms with Gasteiger partial charge < -0.3 is 15.6 Å². The third-order valence-corrected chi connectivity index (χ3v) is 2.08. The first-order valence-electron chi connectivity index (χ1n) is 4.71. The average Bonchev–Trinajstić information content (AvgIpc) is 2.21. The van der Waals surface area contributed by atoms with Gasteiger partial charge in [0, 0.05) is 13.7 Å². The van der Waals surface area contributed by atoms with Crippen molar-refractivity contribution in [3.63, 3.8) is 0 Å². The summed E-state index contributed by atoms with van der Waals surface area (Å²) in [6.45, 7) is 0.930. The van der Waals surface area contributed by atoms with E-state index in [1.54, 1.807) is 7.11 Å². The molecule has 3 N–H and O–H groups in total. The third-order valence-electron chi connectivity index (χ3n) is 2.08. The predicted octanol–water partition coefficient (Wildman–Crippen LogP) is 0.695. The molecule has 1 atom stereocenters. The topological polar surface area (TPSA) is 55.5 Å². The number of ether oxygens (including phenoxy) is 1. The molecule has 3 nitrogen and oxygen atoms in total. The molecule has 0 bridgehead atoms. The maximum atomic E-state index is 9.33. The minimum absolute atomic E-state index is 0.305. The SMILES string of the molecule is COCc1ccc(CC(O)CN)cc1. The van der Waals surface area contributed by atoms with Crippen LogP contribution >= 0.6 is 0 Å². The van der Waals surface area contributed by atoms with E-state index in [4.69, 9.17) is 10.5 Å². The van der Waals surface area contributed by atoms with E-state index in [0.29, 0.717) is 19.6 Å². The quantitative estimate of drug-likeness (QED) is 0.727. The Bertz CT molecular complexity index is 258. The van der Waals surface area contributed by atoms with Crippen molar-refractivity contribution in [1.29, 1.82) is 0 Å². The van der Waals surface area contributed by atoms with Crippen molar-refractivity contribution < 1.29 is 9.84 Å². The average molecular weight is 195 g/mol. The number of benzene rings is 1. The smallest absolute Gasteiger partial charge is 0.0713 e. The summed E-state index contributed by atoms with van der Waals surface area (Å²) in [6.07, 6.45) is 0.173. The highest BCUT2D eigenvalue weighted by Gasteiger charge is 2.02. The van der Waals surface area contributed by atoms with E-state index in [2.05, 4.69) is 0 Å². The number of rotatable bonds is 5. The van der Waals surface area contributed by atoms with Crippen molar-refractivity contribution in [2.24, 2.45) is 5.73 Å². The highest BCUT2D eigenvalue weighted by molar-refractivity contribution is 5.22. The van der Waals surface area contributed by atoms with Crippen LogP contribution in [0.5, 0.6) is 0 Å². The highest BCUT2D eigenvalue weighted by atomic mass is 16.5. The minimum atomic E-state index is -0.441. The lowest BCUT2D eigenvalue weighted by Crippen LogP contribution is -2.21. The summed E-state index contributed by atoms with van der Waals surface area (Å²) in [4.78, 5) is 0. The number of aliphatic hydroxyl groups excluding tert-OH is 1. The molecule has 78 valence electrons. The second kappa shape index (κ2) is 5.75. The second-order valence-corrected chi connectivity index (χ2v) is 3.34. The largest absolute Gasteiger partial charge is 0.391 e. The molecule has 0 saturated heterocycles. The van der Waals surface area contributed by atoms with Gasteiger partial charge in [0.25, 0.3) is 0 Å². The van der Waals surface area contributed by atoms with Crippen LogP contribution in [0.1, 0.15) is 11.1 Å². The van der Waals surface area contributed by atoms with Gasteiger partial charge in [-0.05, 0) is 17.5 Å². The van der Waals surface area contributed by atoms with E-state index in [-0.39, 0.29) is 0 Å². The lowest BCUT2D eigenvalue weighted by atomic mass is 10.1. The standard InChI is InChI=1S/C11H17NO2/c1-14-8-10-4-2-9(3-5-10)6-11(13)7-12/h2-5,11,13H,6-8,12H2,1H3. The number of hydrogen-bond donors (Lipinski definition) is 2. The van der Waals surface area contributed by atoms with Crippen LogP contribution in [0.25, 0.3) is 0 Å². The normalized spacial score (nSPS) is 12.8. The predicted molar refractivity (Wildman–Crippen MR) is 55.9 cm³/mol. The van der Waals surface area contributed by atoms with Gasteiger partial charge in [0.15, 0.2) is 0 Å². The molecule has 0 spiro atoms. The molecule has 0 amide bonds. The molecule has 1 aromatic carbocycles. The summed E-state index contributed by atoms with van der Waals surface area (Å²) in [7, 11) is 1.67. The Morgan fingerprint density at radius 3 is 2.36 bits per heavy atom. The first kappa shape index (κ1) is 11.2. The van der Waals surface area contributed by atoms with Crippen LogP contribution in [-0.2, 0) is 17.8 Å². The fraction of sp³-hybridized carbons (Fsp3) is 0.455. The van der Waals surface area contributed by atoms with Crippen molar-refractivity contribution in [2.75, 3.05) is 13.7 Å². The lowest BCUT2D eigenvalue weighted by Gasteiger charge is -2.07. The molecule has 0 aliphatic heterocycles. The van der Waals surface area contributed by atoms with Crippen LogP contribution < -0.4 is 5.73 Å². The Balaban J connectivity index is 2.54. The highest BCUT2D eigenvalue weighted by Crippen LogP contribution is 2.07. The van der Waals surface area contributed by atoms with E-state index in [0.717, 1.165) is 11.1 Å². The molecule has 0 saturated carbocycles. The number of aliphatic hydroxyl groups is 1. The Morgan fingerprint density at radius 1 is 1.29 bits per heavy atom. The maximum Gasteiger partial charge on any atom is 0.0713 e. The van der Waals surface area contributed by atoms with E-state index in [1.807, 2.05) is 24.3 Å². The molecule has 1 rings (SSSR count). The fourth-order valence-corrected chi connectivity index (χ4v) is 1.29. The molecular weight excluding hydrogens is 178 g/mol. The van der Waals surface area contributed by atoms with Crippen LogP contribution in [0.4, 0.5) is 0 Å². The maximum absolute atomic E-state index is 9.33. The summed E-state index contributed by atoms with van der Waals surface area (Å²) >= 11 is 0. The summed E-state index contributed by atoms with van der Waals surface area (Å²) in [5.41, 5.74) is 7.56. The molecule has 0 aliphatic carbocycles. The van der Waals surface area contributed by atoms with Gasteiger partial charge in [0.05, 0.1) is 12.7 Å². The van der Waals surface area contributed by atoms with Gasteiger partial charge in [0.2, 0.25) is 0 Å². The van der Waals surface area contributed by atoms with Gasteiger partial charge in [-0.2, -0.15) is 0 Å². The van der Waals surface area contributed by atoms with Crippen molar-refractivity contribution >= 4 is 0 Å². The summed E-state index contributed by atoms with van der Waals surface area (Å²) in [6, 6.07) is 7.99. The number of nitrogens with two attached hydrogens (primary N) is 1. The lowest BCUT2D eigenvalue weighted by molar-refractivity contribution is 0.182. The molecule has 1 unspecified atom stereocenters. The monoisotopic (exact) mass is 195 g/mol. The Labute approximate surface area is 84.5 Å². The number of methoxy groups -OCH3 is 1. The van der Waals surface area contributed by atoms with Crippen molar-refractivity contribution in [2.45, 2.75) is 19.1 Å². The van der Waals surface area contributed by atoms with Gasteiger partial charge >= 0.3 is 0 Å². The zero-order valence-corrected chi connectivity index (χ0v) is 8.44. The van der Waals surface area contributed by atoms with Crippen LogP contribution in [0, 0.1) is 0 Å². The van der Waals surface area contributed by atoms with Crippen molar-refractivity contribution in [1.82, 2.24) is 0 Å². The molecule has 0 fully saturated rings. The number of hydrogen-bond acceptors (Lipinski definition) is 3. The Hall–Kier alpha value is -0.900. The summed E-state index contributed by atoms with van der Waals surface area (Å²) < 4.78 is 5.00. The third kappa shape index (κ3) is 3.46. The van der Waals surface area contributed by atoms with E-state index in [9.17, 15) is 5.11 Å². The molecular formula is C11H17NO2. The van der Waals surface area contributed by atoms with E-state index >= 15 is 0 Å². The first-order chi connectivity index (χ1) is 6.76. The van der Waals surface area contributed by atoms with Gasteiger partial charge in [0.1, 0.15) is 0 Å². The van der Waals surface area contributed by atoms with Crippen LogP contribution in [0.15, 0.2) is 24.3 Å². The van der Waals surface area contributed by atoms with Crippen molar-refractivity contribution in [3.05, 3.63) is 35.4 Å². The van der Waals surface area contributed by atoms with Crippen molar-refractivity contribution in [3.8, 4) is 0 Å². The molecule has 0 radical (unpaired) electrons. The zero-order valence-electron chi connectivity index (χ0n) is 8.44. The zero-order chi connectivity index (χ0) is 10.4. The van der Waals surface area contributed by atoms with Crippen LogP contribution in [0.3, 0.4) is 0 Å². The van der Waals surface area contributed by atoms with E-state index < -0.39 is 6.10 Å². The molecule has 1 aromatic rings. The van der Waals surface area contributed by atoms with Gasteiger partial charge in [-0.15, -0.1) is 0 Å². The van der Waals surface area contributed by atoms with Gasteiger partial charge in [-0.3, -0.25) is 0 Å². The molecule has 3 heteroatoms. The van der Waals surface area contributed by atoms with Crippen LogP contribution in [0.2, 0.25) is 0 Å². The summed E-state index contributed by atoms with van der Waals surface area (Å²) in [5.74, 6) is 0. The minimum Gasteiger partial charge on any atom is -0.391 e. The van der Waals surface area contributed by atoms with Gasteiger partial charge in [-0.25, -0.2) is 0 Å². The molecule has 0 heterocycles. The molecule has 0 aromatic heterocycles. The fourth-order valence-electron chi connectivity index (χ4n) is 1.29. The molecule has 14 heavy (non-hydrogen) atoms. The first-order valence-corrected chi connectivity index (χ1v) is 4.71. The van der Waals surface area contributed by atoms with E-state index in [1.165, 1.54) is 0 Å².